The molecule has 3 N–H and O–H groups in total. The van der Waals surface area contributed by atoms with Gasteiger partial charge >= 0.3 is 0 Å². The Balaban J connectivity index is 2.34. The van der Waals surface area contributed by atoms with Crippen LogP contribution in [0.2, 0.25) is 10.0 Å². The van der Waals surface area contributed by atoms with E-state index in [4.69, 9.17) is 28.9 Å². The third-order valence-corrected chi connectivity index (χ3v) is 3.56. The second-order valence-electron chi connectivity index (χ2n) is 4.09. The Labute approximate surface area is 121 Å². The third-order valence-electron chi connectivity index (χ3n) is 2.74. The van der Waals surface area contributed by atoms with Crippen LogP contribution in [0.5, 0.6) is 0 Å². The smallest absolute Gasteiger partial charge is 0.257 e. The number of benzene rings is 2. The van der Waals surface area contributed by atoms with E-state index in [-0.39, 0.29) is 10.9 Å². The first kappa shape index (κ1) is 13.7. The van der Waals surface area contributed by atoms with E-state index >= 15 is 0 Å². The Morgan fingerprint density at radius 3 is 2.53 bits per heavy atom. The van der Waals surface area contributed by atoms with E-state index in [1.165, 1.54) is 0 Å². The fourth-order valence-electron chi connectivity index (χ4n) is 1.72. The number of nitrogens with two attached hydrogens (primary N) is 1. The molecule has 0 aromatic heterocycles. The van der Waals surface area contributed by atoms with Gasteiger partial charge in [-0.15, -0.1) is 0 Å². The maximum Gasteiger partial charge on any atom is 0.257 e. The molecule has 1 amide bonds. The normalized spacial score (nSPS) is 10.3. The van der Waals surface area contributed by atoms with Gasteiger partial charge in [-0.3, -0.25) is 4.79 Å². The maximum atomic E-state index is 12.2. The molecule has 0 radical (unpaired) electrons. The SMILES string of the molecule is Cc1cccc(N)c1NC(=O)c1cccc(Cl)c1Cl. The van der Waals surface area contributed by atoms with Crippen LogP contribution in [-0.2, 0) is 0 Å². The van der Waals surface area contributed by atoms with Gasteiger partial charge in [0.05, 0.1) is 27.0 Å². The number of halogens is 2. The van der Waals surface area contributed by atoms with E-state index in [0.717, 1.165) is 5.56 Å². The minimum absolute atomic E-state index is 0.230. The number of para-hydroxylation sites is 1. The number of carbonyl (C=O) groups is 1. The van der Waals surface area contributed by atoms with Gasteiger partial charge in [-0.05, 0) is 30.7 Å². The van der Waals surface area contributed by atoms with E-state index < -0.39 is 0 Å². The molecule has 0 spiro atoms. The van der Waals surface area contributed by atoms with Crippen LogP contribution < -0.4 is 11.1 Å². The highest BCUT2D eigenvalue weighted by Crippen LogP contribution is 2.28. The highest BCUT2D eigenvalue weighted by atomic mass is 35.5. The van der Waals surface area contributed by atoms with E-state index in [1.807, 2.05) is 19.1 Å². The summed E-state index contributed by atoms with van der Waals surface area (Å²) >= 11 is 11.9. The van der Waals surface area contributed by atoms with Crippen LogP contribution in [0, 0.1) is 6.92 Å². The zero-order valence-corrected chi connectivity index (χ0v) is 11.7. The van der Waals surface area contributed by atoms with Crippen LogP contribution in [-0.4, -0.2) is 5.91 Å². The van der Waals surface area contributed by atoms with Gasteiger partial charge < -0.3 is 11.1 Å². The number of nitrogens with one attached hydrogen (secondary N) is 1. The molecule has 2 aromatic carbocycles. The summed E-state index contributed by atoms with van der Waals surface area (Å²) in [5, 5.41) is 3.33. The molecule has 5 heteroatoms. The molecule has 0 bridgehead atoms. The second kappa shape index (κ2) is 5.51. The lowest BCUT2D eigenvalue weighted by Gasteiger charge is -2.12. The van der Waals surface area contributed by atoms with Crippen molar-refractivity contribution in [3.8, 4) is 0 Å². The number of rotatable bonds is 2. The lowest BCUT2D eigenvalue weighted by atomic mass is 10.1. The zero-order valence-electron chi connectivity index (χ0n) is 10.2. The van der Waals surface area contributed by atoms with E-state index in [0.29, 0.717) is 22.0 Å². The van der Waals surface area contributed by atoms with Crippen LogP contribution in [0.15, 0.2) is 36.4 Å². The molecule has 0 aliphatic carbocycles. The molecule has 0 unspecified atom stereocenters. The molecule has 0 fully saturated rings. The molecular weight excluding hydrogens is 283 g/mol. The van der Waals surface area contributed by atoms with Crippen molar-refractivity contribution in [1.29, 1.82) is 0 Å². The van der Waals surface area contributed by atoms with Crippen LogP contribution >= 0.6 is 23.2 Å². The van der Waals surface area contributed by atoms with Crippen LogP contribution in [0.1, 0.15) is 15.9 Å². The van der Waals surface area contributed by atoms with Gasteiger partial charge in [-0.1, -0.05) is 41.4 Å². The minimum atomic E-state index is -0.339. The lowest BCUT2D eigenvalue weighted by Crippen LogP contribution is -2.14. The zero-order chi connectivity index (χ0) is 14.0. The predicted molar refractivity (Wildman–Crippen MR) is 80.0 cm³/mol. The van der Waals surface area contributed by atoms with E-state index in [9.17, 15) is 4.79 Å². The fraction of sp³-hybridized carbons (Fsp3) is 0.0714. The summed E-state index contributed by atoms with van der Waals surface area (Å²) in [6.07, 6.45) is 0. The number of carbonyl (C=O) groups excluding carboxylic acids is 1. The quantitative estimate of drug-likeness (QED) is 0.818. The Morgan fingerprint density at radius 2 is 1.84 bits per heavy atom. The summed E-state index contributed by atoms with van der Waals surface area (Å²) in [6.45, 7) is 1.87. The molecular formula is C14H12Cl2N2O. The van der Waals surface area contributed by atoms with Gasteiger partial charge in [-0.2, -0.15) is 0 Å². The Hall–Kier alpha value is -1.71. The third kappa shape index (κ3) is 2.83. The Bertz CT molecular complexity index is 621. The van der Waals surface area contributed by atoms with Crippen molar-refractivity contribution in [3.05, 3.63) is 57.6 Å². The highest BCUT2D eigenvalue weighted by molar-refractivity contribution is 6.44. The van der Waals surface area contributed by atoms with Crippen molar-refractivity contribution in [2.24, 2.45) is 0 Å². The van der Waals surface area contributed by atoms with Crippen molar-refractivity contribution in [1.82, 2.24) is 0 Å². The number of nitrogen functional groups attached to an aromatic ring is 1. The molecule has 0 aliphatic heterocycles. The Morgan fingerprint density at radius 1 is 1.16 bits per heavy atom. The molecule has 0 atom stereocenters. The van der Waals surface area contributed by atoms with E-state index in [1.54, 1.807) is 24.3 Å². The molecule has 0 saturated carbocycles. The molecule has 0 heterocycles. The summed E-state index contributed by atoms with van der Waals surface area (Å²) in [7, 11) is 0. The van der Waals surface area contributed by atoms with Crippen molar-refractivity contribution in [2.45, 2.75) is 6.92 Å². The van der Waals surface area contributed by atoms with Crippen molar-refractivity contribution in [2.75, 3.05) is 11.1 Å². The average Bonchev–Trinajstić information content (AvgIpc) is 2.37. The highest BCUT2D eigenvalue weighted by Gasteiger charge is 2.14. The van der Waals surface area contributed by atoms with Gasteiger partial charge in [0.25, 0.3) is 5.91 Å². The first-order valence-corrected chi connectivity index (χ1v) is 6.36. The summed E-state index contributed by atoms with van der Waals surface area (Å²) in [6, 6.07) is 10.3. The minimum Gasteiger partial charge on any atom is -0.397 e. The molecule has 98 valence electrons. The number of hydrogen-bond acceptors (Lipinski definition) is 2. The van der Waals surface area contributed by atoms with Gasteiger partial charge in [0.1, 0.15) is 0 Å². The average molecular weight is 295 g/mol. The Kier molecular flexibility index (Phi) is 3.98. The molecule has 19 heavy (non-hydrogen) atoms. The van der Waals surface area contributed by atoms with Crippen LogP contribution in [0.3, 0.4) is 0 Å². The predicted octanol–water partition coefficient (Wildman–Crippen LogP) is 4.14. The first-order valence-electron chi connectivity index (χ1n) is 5.61. The lowest BCUT2D eigenvalue weighted by molar-refractivity contribution is 0.102. The summed E-state index contributed by atoms with van der Waals surface area (Å²) < 4.78 is 0. The topological polar surface area (TPSA) is 55.1 Å². The molecule has 0 saturated heterocycles. The molecule has 0 aliphatic rings. The maximum absolute atomic E-state index is 12.2. The van der Waals surface area contributed by atoms with Gasteiger partial charge in [0.2, 0.25) is 0 Å². The summed E-state index contributed by atoms with van der Waals surface area (Å²) in [5.74, 6) is -0.339. The monoisotopic (exact) mass is 294 g/mol. The largest absolute Gasteiger partial charge is 0.397 e. The van der Waals surface area contributed by atoms with Gasteiger partial charge in [-0.25, -0.2) is 0 Å². The summed E-state index contributed by atoms with van der Waals surface area (Å²) in [5.41, 5.74) is 8.13. The van der Waals surface area contributed by atoms with Crippen LogP contribution in [0.4, 0.5) is 11.4 Å². The number of amides is 1. The number of hydrogen-bond donors (Lipinski definition) is 2. The van der Waals surface area contributed by atoms with Crippen molar-refractivity contribution in [3.63, 3.8) is 0 Å². The van der Waals surface area contributed by atoms with Gasteiger partial charge in [0, 0.05) is 0 Å². The number of anilines is 2. The number of aryl methyl sites for hydroxylation is 1. The molecule has 2 rings (SSSR count). The van der Waals surface area contributed by atoms with Crippen molar-refractivity contribution >= 4 is 40.5 Å². The standard InChI is InChI=1S/C14H12Cl2N2O/c1-8-4-2-7-11(17)13(8)18-14(19)9-5-3-6-10(15)12(9)16/h2-7H,17H2,1H3,(H,18,19). The first-order chi connectivity index (χ1) is 9.00. The fourth-order valence-corrected chi connectivity index (χ4v) is 2.11. The second-order valence-corrected chi connectivity index (χ2v) is 4.88. The van der Waals surface area contributed by atoms with Gasteiger partial charge in [0.15, 0.2) is 0 Å². The molecule has 3 nitrogen and oxygen atoms in total. The van der Waals surface area contributed by atoms with Crippen molar-refractivity contribution < 1.29 is 4.79 Å². The molecule has 2 aromatic rings. The summed E-state index contributed by atoms with van der Waals surface area (Å²) in [4.78, 5) is 12.2. The van der Waals surface area contributed by atoms with E-state index in [2.05, 4.69) is 5.32 Å². The van der Waals surface area contributed by atoms with Crippen LogP contribution in [0.25, 0.3) is 0 Å².